The molecular formula is C35H58N2O5. The van der Waals surface area contributed by atoms with Gasteiger partial charge >= 0.3 is 0 Å². The van der Waals surface area contributed by atoms with E-state index in [0.717, 1.165) is 12.8 Å². The summed E-state index contributed by atoms with van der Waals surface area (Å²) in [5.74, 6) is 2.27. The number of carbonyl (C=O) groups is 1. The topological polar surface area (TPSA) is 94.2 Å². The molecule has 2 spiro atoms. The van der Waals surface area contributed by atoms with Crippen molar-refractivity contribution in [2.75, 3.05) is 26.2 Å². The van der Waals surface area contributed by atoms with Gasteiger partial charge in [0.2, 0.25) is 5.91 Å². The molecule has 2 aliphatic heterocycles. The molecule has 13 atom stereocenters. The molecule has 0 aromatic carbocycles. The van der Waals surface area contributed by atoms with Gasteiger partial charge in [0.05, 0.1) is 37.6 Å². The van der Waals surface area contributed by atoms with Crippen LogP contribution in [0.25, 0.3) is 0 Å². The Hall–Kier alpha value is -0.730. The van der Waals surface area contributed by atoms with E-state index in [2.05, 4.69) is 34.6 Å². The van der Waals surface area contributed by atoms with E-state index in [9.17, 15) is 9.90 Å². The molecule has 7 heteroatoms. The average molecular weight is 587 g/mol. The van der Waals surface area contributed by atoms with Gasteiger partial charge in [-0.2, -0.15) is 0 Å². The summed E-state index contributed by atoms with van der Waals surface area (Å²) >= 11 is 0. The molecule has 0 radical (unpaired) electrons. The maximum Gasteiger partial charge on any atom is 0.225 e. The lowest BCUT2D eigenvalue weighted by Gasteiger charge is -2.64. The lowest BCUT2D eigenvalue weighted by Crippen LogP contribution is -2.60. The number of hydrogen-bond donors (Lipinski definition) is 2. The Morgan fingerprint density at radius 2 is 1.79 bits per heavy atom. The summed E-state index contributed by atoms with van der Waals surface area (Å²) in [6, 6.07) is 0. The molecule has 42 heavy (non-hydrogen) atoms. The predicted octanol–water partition coefficient (Wildman–Crippen LogP) is 4.98. The number of hydrogen-bond acceptors (Lipinski definition) is 6. The van der Waals surface area contributed by atoms with Gasteiger partial charge in [0.1, 0.15) is 0 Å². The summed E-state index contributed by atoms with van der Waals surface area (Å²) in [5.41, 5.74) is 6.79. The van der Waals surface area contributed by atoms with Gasteiger partial charge in [0.25, 0.3) is 0 Å². The second kappa shape index (κ2) is 9.64. The zero-order valence-electron chi connectivity index (χ0n) is 27.4. The van der Waals surface area contributed by atoms with Gasteiger partial charge in [0.15, 0.2) is 6.29 Å². The number of nitrogens with zero attached hydrogens (tertiary/aromatic N) is 1. The highest BCUT2D eigenvalue weighted by atomic mass is 16.7. The van der Waals surface area contributed by atoms with E-state index in [1.165, 1.54) is 38.5 Å². The van der Waals surface area contributed by atoms with E-state index in [0.29, 0.717) is 60.7 Å². The lowest BCUT2D eigenvalue weighted by atomic mass is 9.41. The minimum absolute atomic E-state index is 0.00521. The average Bonchev–Trinajstić information content (AvgIpc) is 3.59. The molecule has 1 amide bonds. The number of morpholine rings is 1. The number of aliphatic hydroxyl groups excluding tert-OH is 1. The molecule has 3 N–H and O–H groups in total. The fraction of sp³-hybridized carbons (Fsp3) is 0.971. The Morgan fingerprint density at radius 1 is 1.07 bits per heavy atom. The van der Waals surface area contributed by atoms with Crippen molar-refractivity contribution in [1.82, 2.24) is 4.90 Å². The number of ether oxygens (including phenoxy) is 3. The van der Waals surface area contributed by atoms with Gasteiger partial charge in [-0.1, -0.05) is 48.5 Å². The molecular weight excluding hydrogens is 528 g/mol. The predicted molar refractivity (Wildman–Crippen MR) is 161 cm³/mol. The summed E-state index contributed by atoms with van der Waals surface area (Å²) in [6.07, 6.45) is 8.84. The Kier molecular flexibility index (Phi) is 6.87. The molecule has 7 fully saturated rings. The third-order valence-electron chi connectivity index (χ3n) is 15.2. The molecule has 2 saturated heterocycles. The highest BCUT2D eigenvalue weighted by Crippen LogP contribution is 2.89. The van der Waals surface area contributed by atoms with Crippen molar-refractivity contribution in [3.8, 4) is 0 Å². The van der Waals surface area contributed by atoms with Crippen molar-refractivity contribution >= 4 is 5.91 Å². The SMILES string of the molecule is CC(C)C(=O)N1CCO[C@@H](OC2CC[C@]34C[C@]35CC[C@]3(C)C6C(OC(CN)C[C@H]6C)[C@H](O)[C@@]3(C)C5CC[C@H]4C2(C)C)C1. The molecule has 238 valence electrons. The van der Waals surface area contributed by atoms with E-state index in [1.807, 2.05) is 18.7 Å². The van der Waals surface area contributed by atoms with E-state index in [4.69, 9.17) is 19.9 Å². The first kappa shape index (κ1) is 30.0. The summed E-state index contributed by atoms with van der Waals surface area (Å²) in [6.45, 7) is 18.5. The van der Waals surface area contributed by atoms with E-state index in [1.54, 1.807) is 0 Å². The van der Waals surface area contributed by atoms with Crippen LogP contribution in [0, 0.1) is 56.7 Å². The van der Waals surface area contributed by atoms with Crippen LogP contribution in [0.15, 0.2) is 0 Å². The first-order valence-electron chi connectivity index (χ1n) is 17.4. The van der Waals surface area contributed by atoms with E-state index < -0.39 is 6.10 Å². The molecule has 0 bridgehead atoms. The van der Waals surface area contributed by atoms with Gasteiger partial charge in [-0.25, -0.2) is 0 Å². The van der Waals surface area contributed by atoms with Crippen molar-refractivity contribution in [2.24, 2.45) is 62.4 Å². The van der Waals surface area contributed by atoms with Gasteiger partial charge in [-0.3, -0.25) is 4.79 Å². The number of amides is 1. The van der Waals surface area contributed by atoms with Crippen molar-refractivity contribution in [3.63, 3.8) is 0 Å². The number of rotatable bonds is 4. The Morgan fingerprint density at radius 3 is 2.50 bits per heavy atom. The lowest BCUT2D eigenvalue weighted by molar-refractivity contribution is -0.248. The second-order valence-corrected chi connectivity index (χ2v) is 17.2. The number of fused-ring (bicyclic) bond motifs is 4. The number of carbonyl (C=O) groups excluding carboxylic acids is 1. The van der Waals surface area contributed by atoms with Crippen LogP contribution in [0.5, 0.6) is 0 Å². The second-order valence-electron chi connectivity index (χ2n) is 17.2. The standard InChI is InChI=1S/C35H58N2O5/c1-20(2)30(39)37-14-15-40-26(18-37)42-25-10-11-34-19-35(34)13-12-32(6)27-21(3)16-22(17-36)41-28(27)29(38)33(32,7)24(35)9-8-23(34)31(25,4)5/h20-29,38H,8-19,36H2,1-7H3/t21-,22?,23+,24?,25?,26+,27?,28?,29+,32-,33-,34-,35+/m1/s1. The summed E-state index contributed by atoms with van der Waals surface area (Å²) in [4.78, 5) is 14.6. The van der Waals surface area contributed by atoms with Crippen LogP contribution in [-0.2, 0) is 19.0 Å². The van der Waals surface area contributed by atoms with Crippen molar-refractivity contribution in [3.05, 3.63) is 0 Å². The summed E-state index contributed by atoms with van der Waals surface area (Å²) in [7, 11) is 0. The van der Waals surface area contributed by atoms with Crippen LogP contribution in [0.2, 0.25) is 0 Å². The van der Waals surface area contributed by atoms with Crippen molar-refractivity contribution in [2.45, 2.75) is 131 Å². The maximum absolute atomic E-state index is 12.7. The van der Waals surface area contributed by atoms with Gasteiger partial charge in [0, 0.05) is 24.4 Å². The Balaban J connectivity index is 1.12. The summed E-state index contributed by atoms with van der Waals surface area (Å²) < 4.78 is 19.5. The van der Waals surface area contributed by atoms with Crippen LogP contribution >= 0.6 is 0 Å². The van der Waals surface area contributed by atoms with Crippen LogP contribution in [0.4, 0.5) is 0 Å². The quantitative estimate of drug-likeness (QED) is 0.482. The summed E-state index contributed by atoms with van der Waals surface area (Å²) in [5, 5.41) is 12.2. The molecule has 5 aliphatic carbocycles. The number of nitrogens with two attached hydrogens (primary N) is 1. The van der Waals surface area contributed by atoms with E-state index >= 15 is 0 Å². The molecule has 5 unspecified atom stereocenters. The molecule has 7 nitrogen and oxygen atoms in total. The molecule has 0 aromatic heterocycles. The Bertz CT molecular complexity index is 1100. The normalized spacial score (nSPS) is 54.3. The Labute approximate surface area is 254 Å². The fourth-order valence-corrected chi connectivity index (χ4v) is 13.2. The van der Waals surface area contributed by atoms with Gasteiger partial charge in [-0.05, 0) is 96.7 Å². The molecule has 2 heterocycles. The fourth-order valence-electron chi connectivity index (χ4n) is 13.2. The first-order chi connectivity index (χ1) is 19.8. The van der Waals surface area contributed by atoms with Crippen LogP contribution < -0.4 is 5.73 Å². The number of aliphatic hydroxyl groups is 1. The third kappa shape index (κ3) is 3.67. The molecule has 5 saturated carbocycles. The minimum atomic E-state index is -0.423. The zero-order valence-corrected chi connectivity index (χ0v) is 27.4. The molecule has 0 aromatic rings. The minimum Gasteiger partial charge on any atom is -0.390 e. The highest BCUT2D eigenvalue weighted by Gasteiger charge is 2.84. The van der Waals surface area contributed by atoms with Crippen LogP contribution in [0.1, 0.15) is 99.8 Å². The van der Waals surface area contributed by atoms with Crippen molar-refractivity contribution < 1.29 is 24.1 Å². The maximum atomic E-state index is 12.7. The largest absolute Gasteiger partial charge is 0.390 e. The highest BCUT2D eigenvalue weighted by molar-refractivity contribution is 5.78. The van der Waals surface area contributed by atoms with Crippen LogP contribution in [-0.4, -0.2) is 72.9 Å². The molecule has 7 rings (SSSR count). The third-order valence-corrected chi connectivity index (χ3v) is 15.2. The zero-order chi connectivity index (χ0) is 30.0. The molecule has 7 aliphatic rings. The monoisotopic (exact) mass is 586 g/mol. The van der Waals surface area contributed by atoms with Crippen molar-refractivity contribution in [1.29, 1.82) is 0 Å². The smallest absolute Gasteiger partial charge is 0.225 e. The van der Waals surface area contributed by atoms with Gasteiger partial charge < -0.3 is 30.0 Å². The first-order valence-corrected chi connectivity index (χ1v) is 17.4. The van der Waals surface area contributed by atoms with Crippen LogP contribution in [0.3, 0.4) is 0 Å². The van der Waals surface area contributed by atoms with E-state index in [-0.39, 0.29) is 52.7 Å². The van der Waals surface area contributed by atoms with Gasteiger partial charge in [-0.15, -0.1) is 0 Å².